The van der Waals surface area contributed by atoms with Crippen LogP contribution in [0, 0.1) is 5.92 Å². The summed E-state index contributed by atoms with van der Waals surface area (Å²) in [5, 5.41) is 10.8. The van der Waals surface area contributed by atoms with Gasteiger partial charge < -0.3 is 9.84 Å². The Balaban J connectivity index is 1.19. The van der Waals surface area contributed by atoms with Gasteiger partial charge in [0.1, 0.15) is 0 Å². The highest BCUT2D eigenvalue weighted by Gasteiger charge is 2.52. The summed E-state index contributed by atoms with van der Waals surface area (Å²) in [5.74, 6) is 0.525. The lowest BCUT2D eigenvalue weighted by molar-refractivity contribution is -0.103. The highest BCUT2D eigenvalue weighted by Crippen LogP contribution is 2.52. The molecule has 1 N–H and O–H groups in total. The number of piperidine rings is 1. The fraction of sp³-hybridized carbons (Fsp3) is 0.583. The smallest absolute Gasteiger partial charge is 0.0970 e. The van der Waals surface area contributed by atoms with Crippen LogP contribution < -0.4 is 0 Å². The molecule has 0 saturated carbocycles. The van der Waals surface area contributed by atoms with Gasteiger partial charge >= 0.3 is 0 Å². The summed E-state index contributed by atoms with van der Waals surface area (Å²) in [4.78, 5) is 11.5. The molecular formula is C24H29N3O2. The van der Waals surface area contributed by atoms with Gasteiger partial charge in [-0.25, -0.2) is 0 Å². The summed E-state index contributed by atoms with van der Waals surface area (Å²) < 4.78 is 6.44. The Bertz CT molecular complexity index is 903. The maximum atomic E-state index is 10.8. The molecule has 1 spiro atoms. The minimum atomic E-state index is -0.426. The van der Waals surface area contributed by atoms with Crippen molar-refractivity contribution in [2.75, 3.05) is 6.54 Å². The molecule has 4 atom stereocenters. The van der Waals surface area contributed by atoms with Gasteiger partial charge in [0.05, 0.1) is 24.0 Å². The Labute approximate surface area is 172 Å². The number of aryl methyl sites for hydroxylation is 1. The van der Waals surface area contributed by atoms with Crippen molar-refractivity contribution in [2.24, 2.45) is 5.92 Å². The van der Waals surface area contributed by atoms with E-state index in [1.165, 1.54) is 29.5 Å². The first-order valence-electron chi connectivity index (χ1n) is 11.2. The molecule has 4 aliphatic rings. The third-order valence-corrected chi connectivity index (χ3v) is 7.89. The predicted molar refractivity (Wildman–Crippen MR) is 109 cm³/mol. The molecule has 2 fully saturated rings. The van der Waals surface area contributed by atoms with E-state index in [0.29, 0.717) is 24.6 Å². The second kappa shape index (κ2) is 6.86. The highest BCUT2D eigenvalue weighted by atomic mass is 16.5. The summed E-state index contributed by atoms with van der Waals surface area (Å²) in [6.45, 7) is 1.81. The van der Waals surface area contributed by atoms with Gasteiger partial charge in [-0.15, -0.1) is 0 Å². The molecule has 1 aliphatic carbocycles. The van der Waals surface area contributed by atoms with Crippen LogP contribution in [-0.2, 0) is 23.4 Å². The van der Waals surface area contributed by atoms with E-state index in [2.05, 4.69) is 27.0 Å². The van der Waals surface area contributed by atoms with Gasteiger partial charge in [0, 0.05) is 42.8 Å². The molecule has 2 aromatic rings. The van der Waals surface area contributed by atoms with E-state index in [1.54, 1.807) is 0 Å². The highest BCUT2D eigenvalue weighted by molar-refractivity contribution is 5.34. The molecule has 5 heteroatoms. The molecule has 5 heterocycles. The molecule has 0 amide bonds. The monoisotopic (exact) mass is 391 g/mol. The molecule has 0 aromatic carbocycles. The molecule has 2 bridgehead atoms. The Morgan fingerprint density at radius 2 is 1.97 bits per heavy atom. The first-order valence-corrected chi connectivity index (χ1v) is 11.2. The van der Waals surface area contributed by atoms with E-state index in [-0.39, 0.29) is 5.60 Å². The molecule has 5 nitrogen and oxygen atoms in total. The number of aliphatic hydroxyl groups is 1. The van der Waals surface area contributed by atoms with Crippen molar-refractivity contribution in [1.29, 1.82) is 0 Å². The van der Waals surface area contributed by atoms with Crippen LogP contribution >= 0.6 is 0 Å². The minimum Gasteiger partial charge on any atom is -0.387 e. The number of hydrogen-bond donors (Lipinski definition) is 1. The van der Waals surface area contributed by atoms with Crippen molar-refractivity contribution >= 4 is 0 Å². The first-order chi connectivity index (χ1) is 14.2. The first kappa shape index (κ1) is 18.0. The number of nitrogens with zero attached hydrogens (tertiary/aromatic N) is 3. The minimum absolute atomic E-state index is 0.0935. The third-order valence-electron chi connectivity index (χ3n) is 7.89. The fourth-order valence-electron chi connectivity index (χ4n) is 6.55. The van der Waals surface area contributed by atoms with E-state index < -0.39 is 6.10 Å². The zero-order valence-corrected chi connectivity index (χ0v) is 16.8. The lowest BCUT2D eigenvalue weighted by atomic mass is 9.80. The van der Waals surface area contributed by atoms with Crippen LogP contribution in [0.4, 0.5) is 0 Å². The van der Waals surface area contributed by atoms with Crippen molar-refractivity contribution in [1.82, 2.24) is 14.9 Å². The van der Waals surface area contributed by atoms with Crippen LogP contribution in [0.1, 0.15) is 67.0 Å². The molecule has 2 saturated heterocycles. The second-order valence-electron chi connectivity index (χ2n) is 9.51. The van der Waals surface area contributed by atoms with E-state index in [0.717, 1.165) is 44.3 Å². The van der Waals surface area contributed by atoms with Crippen LogP contribution in [0.25, 0.3) is 0 Å². The summed E-state index contributed by atoms with van der Waals surface area (Å²) in [5.41, 5.74) is 4.70. The normalized spacial score (nSPS) is 36.0. The van der Waals surface area contributed by atoms with Crippen molar-refractivity contribution in [2.45, 2.75) is 75.3 Å². The van der Waals surface area contributed by atoms with E-state index in [9.17, 15) is 5.11 Å². The van der Waals surface area contributed by atoms with Crippen LogP contribution in [0.15, 0.2) is 36.8 Å². The van der Waals surface area contributed by atoms with E-state index in [4.69, 9.17) is 4.74 Å². The maximum Gasteiger partial charge on any atom is 0.0970 e. The fourth-order valence-corrected chi connectivity index (χ4v) is 6.55. The van der Waals surface area contributed by atoms with Gasteiger partial charge in [0.25, 0.3) is 0 Å². The van der Waals surface area contributed by atoms with Crippen molar-refractivity contribution < 1.29 is 9.84 Å². The van der Waals surface area contributed by atoms with Crippen LogP contribution in [0.3, 0.4) is 0 Å². The Hall–Kier alpha value is -1.82. The number of rotatable bonds is 2. The van der Waals surface area contributed by atoms with Crippen molar-refractivity contribution in [3.05, 3.63) is 59.2 Å². The predicted octanol–water partition coefficient (Wildman–Crippen LogP) is 3.52. The molecular weight excluding hydrogens is 362 g/mol. The number of ether oxygens (including phenoxy) is 1. The number of aromatic nitrogens is 2. The maximum absolute atomic E-state index is 10.8. The quantitative estimate of drug-likeness (QED) is 0.794. The van der Waals surface area contributed by atoms with Gasteiger partial charge in [-0.2, -0.15) is 0 Å². The lowest BCUT2D eigenvalue weighted by Gasteiger charge is -2.45. The van der Waals surface area contributed by atoms with Gasteiger partial charge in [-0.3, -0.25) is 14.9 Å². The summed E-state index contributed by atoms with van der Waals surface area (Å²) in [7, 11) is 0. The topological polar surface area (TPSA) is 58.5 Å². The zero-order chi connectivity index (χ0) is 19.4. The Kier molecular flexibility index (Phi) is 4.26. The standard InChI is InChI=1S/C24H29N3O2/c28-22-10-16(3-4-17-2-1-8-26-23(17)22)14-27-19-5-6-20(27)12-24(11-19)21-7-9-25-13-18(21)15-29-24/h1-2,7-9,13,16,19-20,22,28H,3-6,10-12,14-15H2/t16-,19?,20?,22+,24?/m1/s1. The SMILES string of the molecule is O[C@H]1C[C@H](CN2C3CCC2CC2(C3)OCc3cnccc32)CCc2cccnc21. The molecule has 29 heavy (non-hydrogen) atoms. The number of aliphatic hydroxyl groups excluding tert-OH is 1. The van der Waals surface area contributed by atoms with E-state index >= 15 is 0 Å². The molecule has 0 radical (unpaired) electrons. The second-order valence-corrected chi connectivity index (χ2v) is 9.51. The molecule has 3 aliphatic heterocycles. The van der Waals surface area contributed by atoms with Crippen LogP contribution in [0.2, 0.25) is 0 Å². The number of fused-ring (bicyclic) bond motifs is 5. The number of hydrogen-bond acceptors (Lipinski definition) is 5. The summed E-state index contributed by atoms with van der Waals surface area (Å²) >= 11 is 0. The largest absolute Gasteiger partial charge is 0.387 e. The number of pyridine rings is 2. The van der Waals surface area contributed by atoms with Crippen LogP contribution in [0.5, 0.6) is 0 Å². The Morgan fingerprint density at radius 3 is 2.83 bits per heavy atom. The third kappa shape index (κ3) is 2.94. The van der Waals surface area contributed by atoms with E-state index in [1.807, 2.05) is 24.7 Å². The van der Waals surface area contributed by atoms with Crippen molar-refractivity contribution in [3.8, 4) is 0 Å². The van der Waals surface area contributed by atoms with Gasteiger partial charge in [-0.05, 0) is 74.1 Å². The lowest BCUT2D eigenvalue weighted by Crippen LogP contribution is -2.51. The zero-order valence-electron chi connectivity index (χ0n) is 16.8. The van der Waals surface area contributed by atoms with Gasteiger partial charge in [0.2, 0.25) is 0 Å². The molecule has 152 valence electrons. The Morgan fingerprint density at radius 1 is 1.10 bits per heavy atom. The average molecular weight is 392 g/mol. The summed E-state index contributed by atoms with van der Waals surface area (Å²) in [6.07, 6.45) is 13.0. The van der Waals surface area contributed by atoms with Gasteiger partial charge in [0.15, 0.2) is 0 Å². The van der Waals surface area contributed by atoms with Crippen molar-refractivity contribution in [3.63, 3.8) is 0 Å². The molecule has 2 aromatic heterocycles. The average Bonchev–Trinajstić information content (AvgIpc) is 3.13. The molecule has 6 rings (SSSR count). The molecule has 2 unspecified atom stereocenters. The summed E-state index contributed by atoms with van der Waals surface area (Å²) in [6, 6.07) is 7.49. The van der Waals surface area contributed by atoms with Gasteiger partial charge in [-0.1, -0.05) is 6.07 Å². The van der Waals surface area contributed by atoms with Crippen LogP contribution in [-0.4, -0.2) is 38.6 Å².